The zero-order valence-corrected chi connectivity index (χ0v) is 12.4. The van der Waals surface area contributed by atoms with E-state index in [1.807, 2.05) is 25.1 Å². The lowest BCUT2D eigenvalue weighted by Crippen LogP contribution is -2.30. The van der Waals surface area contributed by atoms with E-state index in [0.717, 1.165) is 11.1 Å². The minimum atomic E-state index is -0.236. The predicted molar refractivity (Wildman–Crippen MR) is 82.9 cm³/mol. The molecule has 1 aliphatic rings. The number of fused-ring (bicyclic) bond motifs is 1. The van der Waals surface area contributed by atoms with Crippen LogP contribution in [0.25, 0.3) is 0 Å². The van der Waals surface area contributed by atoms with Gasteiger partial charge in [0.1, 0.15) is 0 Å². The van der Waals surface area contributed by atoms with E-state index in [2.05, 4.69) is 13.8 Å². The number of aryl methyl sites for hydroxylation is 1. The summed E-state index contributed by atoms with van der Waals surface area (Å²) in [6, 6.07) is 12.9. The lowest BCUT2D eigenvalue weighted by atomic mass is 10.00. The van der Waals surface area contributed by atoms with Crippen LogP contribution < -0.4 is 4.90 Å². The van der Waals surface area contributed by atoms with E-state index in [1.54, 1.807) is 24.3 Å². The zero-order valence-electron chi connectivity index (χ0n) is 12.4. The van der Waals surface area contributed by atoms with Gasteiger partial charge in [-0.15, -0.1) is 0 Å². The molecular weight excluding hydrogens is 262 g/mol. The monoisotopic (exact) mass is 279 g/mol. The van der Waals surface area contributed by atoms with Crippen molar-refractivity contribution in [2.45, 2.75) is 26.7 Å². The van der Waals surface area contributed by atoms with Gasteiger partial charge in [-0.3, -0.25) is 9.59 Å². The third-order valence-corrected chi connectivity index (χ3v) is 3.93. The second-order valence-corrected chi connectivity index (χ2v) is 5.69. The van der Waals surface area contributed by atoms with Crippen LogP contribution in [-0.4, -0.2) is 11.8 Å². The van der Waals surface area contributed by atoms with E-state index in [0.29, 0.717) is 22.7 Å². The fourth-order valence-electron chi connectivity index (χ4n) is 2.63. The summed E-state index contributed by atoms with van der Waals surface area (Å²) in [5, 5.41) is 0. The molecule has 0 unspecified atom stereocenters. The van der Waals surface area contributed by atoms with Gasteiger partial charge in [-0.05, 0) is 42.2 Å². The van der Waals surface area contributed by atoms with Crippen molar-refractivity contribution >= 4 is 17.5 Å². The molecule has 3 rings (SSSR count). The number of anilines is 1. The summed E-state index contributed by atoms with van der Waals surface area (Å²) in [6.07, 6.45) is 0. The Kier molecular flexibility index (Phi) is 3.13. The molecule has 3 heteroatoms. The fourth-order valence-corrected chi connectivity index (χ4v) is 2.63. The molecule has 0 aliphatic carbocycles. The van der Waals surface area contributed by atoms with Crippen molar-refractivity contribution < 1.29 is 9.59 Å². The lowest BCUT2D eigenvalue weighted by molar-refractivity contribution is 0.0926. The van der Waals surface area contributed by atoms with Crippen LogP contribution >= 0.6 is 0 Å². The molecule has 0 spiro atoms. The number of hydrogen-bond donors (Lipinski definition) is 0. The van der Waals surface area contributed by atoms with E-state index in [-0.39, 0.29) is 11.8 Å². The summed E-state index contributed by atoms with van der Waals surface area (Å²) in [6.45, 7) is 6.11. The first kappa shape index (κ1) is 13.6. The van der Waals surface area contributed by atoms with Crippen LogP contribution in [0, 0.1) is 6.92 Å². The molecule has 0 saturated carbocycles. The van der Waals surface area contributed by atoms with Gasteiger partial charge in [0.05, 0.1) is 16.8 Å². The van der Waals surface area contributed by atoms with Crippen LogP contribution in [0.5, 0.6) is 0 Å². The van der Waals surface area contributed by atoms with Gasteiger partial charge in [0.2, 0.25) is 0 Å². The second-order valence-electron chi connectivity index (χ2n) is 5.69. The minimum absolute atomic E-state index is 0.236. The maximum atomic E-state index is 12.5. The molecule has 106 valence electrons. The first-order valence-corrected chi connectivity index (χ1v) is 7.09. The molecule has 0 radical (unpaired) electrons. The lowest BCUT2D eigenvalue weighted by Gasteiger charge is -2.18. The molecule has 1 heterocycles. The number of carbonyl (C=O) groups excluding carboxylic acids is 2. The van der Waals surface area contributed by atoms with Gasteiger partial charge in [-0.25, -0.2) is 4.90 Å². The van der Waals surface area contributed by atoms with Gasteiger partial charge < -0.3 is 0 Å². The number of benzene rings is 2. The molecule has 0 fully saturated rings. The number of amides is 2. The van der Waals surface area contributed by atoms with E-state index < -0.39 is 0 Å². The van der Waals surface area contributed by atoms with Crippen molar-refractivity contribution in [2.24, 2.45) is 0 Å². The van der Waals surface area contributed by atoms with Crippen molar-refractivity contribution in [1.82, 2.24) is 0 Å². The zero-order chi connectivity index (χ0) is 15.1. The predicted octanol–water partition coefficient (Wildman–Crippen LogP) is 3.92. The minimum Gasteiger partial charge on any atom is -0.268 e. The summed E-state index contributed by atoms with van der Waals surface area (Å²) in [5.74, 6) is -0.126. The number of imide groups is 1. The molecule has 0 saturated heterocycles. The first-order valence-electron chi connectivity index (χ1n) is 7.09. The summed E-state index contributed by atoms with van der Waals surface area (Å²) < 4.78 is 0. The Balaban J connectivity index is 2.13. The molecule has 1 aliphatic heterocycles. The molecule has 2 aromatic carbocycles. The Morgan fingerprint density at radius 1 is 0.905 bits per heavy atom. The molecular formula is C18H17NO2. The molecule has 0 N–H and O–H groups in total. The smallest absolute Gasteiger partial charge is 0.266 e. The normalized spacial score (nSPS) is 14.0. The largest absolute Gasteiger partial charge is 0.268 e. The van der Waals surface area contributed by atoms with E-state index in [9.17, 15) is 9.59 Å². The third-order valence-electron chi connectivity index (χ3n) is 3.93. The van der Waals surface area contributed by atoms with E-state index in [1.165, 1.54) is 4.90 Å². The molecule has 0 atom stereocenters. The summed E-state index contributed by atoms with van der Waals surface area (Å²) in [7, 11) is 0. The van der Waals surface area contributed by atoms with Gasteiger partial charge in [0.15, 0.2) is 0 Å². The quantitative estimate of drug-likeness (QED) is 0.781. The number of rotatable bonds is 2. The van der Waals surface area contributed by atoms with Crippen LogP contribution in [0.3, 0.4) is 0 Å². The highest BCUT2D eigenvalue weighted by molar-refractivity contribution is 6.34. The summed E-state index contributed by atoms with van der Waals surface area (Å²) >= 11 is 0. The second kappa shape index (κ2) is 4.85. The summed E-state index contributed by atoms with van der Waals surface area (Å²) in [4.78, 5) is 26.4. The number of hydrogen-bond acceptors (Lipinski definition) is 2. The Labute approximate surface area is 124 Å². The Bertz CT molecular complexity index is 712. The first-order chi connectivity index (χ1) is 10.0. The molecule has 0 bridgehead atoms. The number of nitrogens with zero attached hydrogens (tertiary/aromatic N) is 1. The molecule has 0 aromatic heterocycles. The van der Waals surface area contributed by atoms with Crippen molar-refractivity contribution in [3.05, 3.63) is 64.7 Å². The Hall–Kier alpha value is -2.42. The third kappa shape index (κ3) is 2.05. The van der Waals surface area contributed by atoms with Gasteiger partial charge in [-0.2, -0.15) is 0 Å². The van der Waals surface area contributed by atoms with E-state index >= 15 is 0 Å². The highest BCUT2D eigenvalue weighted by Crippen LogP contribution is 2.32. The van der Waals surface area contributed by atoms with Crippen molar-refractivity contribution in [3.8, 4) is 0 Å². The van der Waals surface area contributed by atoms with Crippen LogP contribution in [0.15, 0.2) is 42.5 Å². The van der Waals surface area contributed by atoms with Crippen molar-refractivity contribution in [1.29, 1.82) is 0 Å². The number of carbonyl (C=O) groups is 2. The maximum Gasteiger partial charge on any atom is 0.266 e. The Morgan fingerprint density at radius 3 is 2.00 bits per heavy atom. The van der Waals surface area contributed by atoms with Crippen LogP contribution in [0.1, 0.15) is 51.6 Å². The molecule has 3 nitrogen and oxygen atoms in total. The van der Waals surface area contributed by atoms with Crippen molar-refractivity contribution in [3.63, 3.8) is 0 Å². The SMILES string of the molecule is Cc1ccc(C(C)C)cc1N1C(=O)c2ccccc2C1=O. The summed E-state index contributed by atoms with van der Waals surface area (Å²) in [5.41, 5.74) is 3.70. The van der Waals surface area contributed by atoms with Gasteiger partial charge in [0.25, 0.3) is 11.8 Å². The van der Waals surface area contributed by atoms with Crippen molar-refractivity contribution in [2.75, 3.05) is 4.90 Å². The van der Waals surface area contributed by atoms with E-state index in [4.69, 9.17) is 0 Å². The highest BCUT2D eigenvalue weighted by atomic mass is 16.2. The van der Waals surface area contributed by atoms with Crippen LogP contribution in [-0.2, 0) is 0 Å². The molecule has 21 heavy (non-hydrogen) atoms. The average Bonchev–Trinajstić information content (AvgIpc) is 2.72. The molecule has 2 aromatic rings. The topological polar surface area (TPSA) is 37.4 Å². The van der Waals surface area contributed by atoms with Gasteiger partial charge in [-0.1, -0.05) is 38.1 Å². The van der Waals surface area contributed by atoms with Crippen LogP contribution in [0.2, 0.25) is 0 Å². The average molecular weight is 279 g/mol. The fraction of sp³-hybridized carbons (Fsp3) is 0.222. The highest BCUT2D eigenvalue weighted by Gasteiger charge is 2.36. The maximum absolute atomic E-state index is 12.5. The Morgan fingerprint density at radius 2 is 1.48 bits per heavy atom. The molecule has 2 amide bonds. The standard InChI is InChI=1S/C18H17NO2/c1-11(2)13-9-8-12(3)16(10-13)19-17(20)14-6-4-5-7-15(14)18(19)21/h4-11H,1-3H3. The van der Waals surface area contributed by atoms with Gasteiger partial charge in [0, 0.05) is 0 Å². The van der Waals surface area contributed by atoms with Gasteiger partial charge >= 0.3 is 0 Å². The van der Waals surface area contributed by atoms with Crippen LogP contribution in [0.4, 0.5) is 5.69 Å².